The molecule has 0 unspecified atom stereocenters. The van der Waals surface area contributed by atoms with Crippen LogP contribution in [-0.4, -0.2) is 25.9 Å². The molecule has 0 spiro atoms. The summed E-state index contributed by atoms with van der Waals surface area (Å²) in [6, 6.07) is 3.20. The number of fused-ring (bicyclic) bond motifs is 2. The lowest BCUT2D eigenvalue weighted by Crippen LogP contribution is -2.23. The van der Waals surface area contributed by atoms with Crippen LogP contribution in [-0.2, 0) is 4.79 Å². The van der Waals surface area contributed by atoms with Crippen LogP contribution in [0.1, 0.15) is 12.5 Å². The number of carbonyl (C=O) groups excluding carboxylic acids is 1. The molecule has 21 heavy (non-hydrogen) atoms. The van der Waals surface area contributed by atoms with Gasteiger partial charge in [0.1, 0.15) is 5.75 Å². The van der Waals surface area contributed by atoms with E-state index in [1.165, 1.54) is 13.0 Å². The Morgan fingerprint density at radius 2 is 1.86 bits per heavy atom. The highest BCUT2D eigenvalue weighted by Gasteiger charge is 2.10. The first-order chi connectivity index (χ1) is 9.94. The van der Waals surface area contributed by atoms with E-state index >= 15 is 0 Å². The van der Waals surface area contributed by atoms with E-state index in [-0.39, 0.29) is 11.2 Å². The fraction of sp³-hybridized carbons (Fsp3) is 0.154. The zero-order valence-corrected chi connectivity index (χ0v) is 11.2. The van der Waals surface area contributed by atoms with Crippen LogP contribution < -0.4 is 16.0 Å². The number of hydrogen-bond donors (Lipinski definition) is 2. The average Bonchev–Trinajstić information content (AvgIpc) is 2.37. The number of esters is 1. The molecular weight excluding hydrogens is 276 g/mol. The van der Waals surface area contributed by atoms with Gasteiger partial charge in [0.15, 0.2) is 11.2 Å². The third-order valence-corrected chi connectivity index (χ3v) is 2.89. The van der Waals surface area contributed by atoms with Crippen molar-refractivity contribution in [2.45, 2.75) is 13.8 Å². The van der Waals surface area contributed by atoms with Gasteiger partial charge in [0.2, 0.25) is 0 Å². The Morgan fingerprint density at radius 3 is 2.57 bits per heavy atom. The van der Waals surface area contributed by atoms with E-state index in [0.29, 0.717) is 22.3 Å². The first-order valence-corrected chi connectivity index (χ1v) is 6.07. The van der Waals surface area contributed by atoms with Gasteiger partial charge < -0.3 is 4.74 Å². The minimum absolute atomic E-state index is 0.0433. The summed E-state index contributed by atoms with van der Waals surface area (Å²) < 4.78 is 5.07. The monoisotopic (exact) mass is 286 g/mol. The van der Waals surface area contributed by atoms with Crippen LogP contribution in [0.2, 0.25) is 0 Å². The highest BCUT2D eigenvalue weighted by Crippen LogP contribution is 2.24. The van der Waals surface area contributed by atoms with Crippen LogP contribution in [0.25, 0.3) is 22.2 Å². The molecule has 3 rings (SSSR count). The summed E-state index contributed by atoms with van der Waals surface area (Å²) >= 11 is 0. The van der Waals surface area contributed by atoms with E-state index in [9.17, 15) is 14.4 Å². The van der Waals surface area contributed by atoms with Gasteiger partial charge in [-0.1, -0.05) is 0 Å². The van der Waals surface area contributed by atoms with E-state index in [4.69, 9.17) is 4.74 Å². The van der Waals surface area contributed by atoms with Gasteiger partial charge >= 0.3 is 11.7 Å². The van der Waals surface area contributed by atoms with E-state index < -0.39 is 17.2 Å². The molecule has 8 nitrogen and oxygen atoms in total. The Morgan fingerprint density at radius 1 is 1.14 bits per heavy atom. The molecule has 0 saturated carbocycles. The average molecular weight is 286 g/mol. The Kier molecular flexibility index (Phi) is 2.79. The van der Waals surface area contributed by atoms with Crippen molar-refractivity contribution in [1.82, 2.24) is 19.9 Å². The van der Waals surface area contributed by atoms with Gasteiger partial charge in [-0.3, -0.25) is 19.6 Å². The van der Waals surface area contributed by atoms with Crippen LogP contribution in [0, 0.1) is 6.92 Å². The number of aryl methyl sites for hydroxylation is 1. The standard InChI is InChI=1S/C13H10N4O4/c1-5-3-7-8(4-9(5)21-6(2)18)15-11-10(14-7)12(19)17-13(20)16-11/h3-4H,1-2H3,(H2,15,16,17,19,20). The molecule has 1 aromatic carbocycles. The SMILES string of the molecule is CC(=O)Oc1cc2nc3[nH]c(=O)[nH]c(=O)c3nc2cc1C. The second-order valence-corrected chi connectivity index (χ2v) is 4.53. The molecule has 0 amide bonds. The molecule has 0 fully saturated rings. The van der Waals surface area contributed by atoms with Gasteiger partial charge in [-0.15, -0.1) is 0 Å². The topological polar surface area (TPSA) is 118 Å². The summed E-state index contributed by atoms with van der Waals surface area (Å²) in [6.07, 6.45) is 0. The lowest BCUT2D eigenvalue weighted by molar-refractivity contribution is -0.131. The summed E-state index contributed by atoms with van der Waals surface area (Å²) in [4.78, 5) is 46.9. The van der Waals surface area contributed by atoms with Gasteiger partial charge in [0.25, 0.3) is 5.56 Å². The zero-order valence-electron chi connectivity index (χ0n) is 11.2. The molecule has 8 heteroatoms. The predicted molar refractivity (Wildman–Crippen MR) is 74.3 cm³/mol. The molecule has 3 aromatic rings. The summed E-state index contributed by atoms with van der Waals surface area (Å²) in [5, 5.41) is 0. The summed E-state index contributed by atoms with van der Waals surface area (Å²) in [7, 11) is 0. The molecule has 0 aliphatic carbocycles. The lowest BCUT2D eigenvalue weighted by Gasteiger charge is -2.07. The van der Waals surface area contributed by atoms with Crippen molar-refractivity contribution in [3.8, 4) is 5.75 Å². The Balaban J connectivity index is 2.35. The van der Waals surface area contributed by atoms with Crippen molar-refractivity contribution in [1.29, 1.82) is 0 Å². The van der Waals surface area contributed by atoms with E-state index in [1.54, 1.807) is 13.0 Å². The van der Waals surface area contributed by atoms with E-state index in [2.05, 4.69) is 19.9 Å². The van der Waals surface area contributed by atoms with Crippen LogP contribution in [0.3, 0.4) is 0 Å². The van der Waals surface area contributed by atoms with Crippen molar-refractivity contribution >= 4 is 28.2 Å². The molecule has 106 valence electrons. The molecule has 0 aliphatic rings. The minimum atomic E-state index is -0.659. The molecule has 0 aliphatic heterocycles. The molecule has 0 bridgehead atoms. The summed E-state index contributed by atoms with van der Waals surface area (Å²) in [6.45, 7) is 3.05. The molecule has 2 heterocycles. The zero-order chi connectivity index (χ0) is 15.1. The first-order valence-electron chi connectivity index (χ1n) is 6.07. The largest absolute Gasteiger partial charge is 0.426 e. The molecule has 0 saturated heterocycles. The van der Waals surface area contributed by atoms with Gasteiger partial charge in [-0.05, 0) is 18.6 Å². The second-order valence-electron chi connectivity index (χ2n) is 4.53. The third-order valence-electron chi connectivity index (χ3n) is 2.89. The number of hydrogen-bond acceptors (Lipinski definition) is 6. The number of nitrogens with zero attached hydrogens (tertiary/aromatic N) is 2. The fourth-order valence-electron chi connectivity index (χ4n) is 2.00. The molecular formula is C13H10N4O4. The maximum Gasteiger partial charge on any atom is 0.327 e. The van der Waals surface area contributed by atoms with Gasteiger partial charge in [-0.25, -0.2) is 14.8 Å². The second kappa shape index (κ2) is 4.51. The lowest BCUT2D eigenvalue weighted by atomic mass is 10.2. The number of aromatic amines is 2. The number of ether oxygens (including phenoxy) is 1. The van der Waals surface area contributed by atoms with Crippen molar-refractivity contribution in [3.05, 3.63) is 38.5 Å². The Labute approximate surface area is 116 Å². The highest BCUT2D eigenvalue weighted by molar-refractivity contribution is 5.86. The molecule has 0 radical (unpaired) electrons. The number of nitrogens with one attached hydrogen (secondary N) is 2. The van der Waals surface area contributed by atoms with Gasteiger partial charge in [0.05, 0.1) is 11.0 Å². The van der Waals surface area contributed by atoms with E-state index in [1.807, 2.05) is 0 Å². The van der Waals surface area contributed by atoms with Crippen molar-refractivity contribution in [2.75, 3.05) is 0 Å². The van der Waals surface area contributed by atoms with Crippen molar-refractivity contribution in [3.63, 3.8) is 0 Å². The quantitative estimate of drug-likeness (QED) is 0.379. The Bertz CT molecular complexity index is 1000. The molecule has 2 N–H and O–H groups in total. The first kappa shape index (κ1) is 13.0. The maximum atomic E-state index is 11.7. The number of benzene rings is 1. The Hall–Kier alpha value is -3.03. The van der Waals surface area contributed by atoms with Gasteiger partial charge in [-0.2, -0.15) is 0 Å². The number of H-pyrrole nitrogens is 2. The normalized spacial score (nSPS) is 11.0. The summed E-state index contributed by atoms with van der Waals surface area (Å²) in [5.41, 5.74) is 0.417. The van der Waals surface area contributed by atoms with Crippen LogP contribution in [0.4, 0.5) is 0 Å². The minimum Gasteiger partial charge on any atom is -0.426 e. The third kappa shape index (κ3) is 2.27. The van der Waals surface area contributed by atoms with Crippen LogP contribution >= 0.6 is 0 Å². The predicted octanol–water partition coefficient (Wildman–Crippen LogP) is 0.393. The highest BCUT2D eigenvalue weighted by atomic mass is 16.5. The maximum absolute atomic E-state index is 11.7. The van der Waals surface area contributed by atoms with Crippen molar-refractivity contribution in [2.24, 2.45) is 0 Å². The number of carbonyl (C=O) groups is 1. The fourth-order valence-corrected chi connectivity index (χ4v) is 2.00. The molecule has 2 aromatic heterocycles. The number of rotatable bonds is 1. The van der Waals surface area contributed by atoms with Crippen LogP contribution in [0.15, 0.2) is 21.7 Å². The summed E-state index contributed by atoms with van der Waals surface area (Å²) in [5.74, 6) is -0.0908. The van der Waals surface area contributed by atoms with Crippen LogP contribution in [0.5, 0.6) is 5.75 Å². The van der Waals surface area contributed by atoms with Crippen molar-refractivity contribution < 1.29 is 9.53 Å². The van der Waals surface area contributed by atoms with E-state index in [0.717, 1.165) is 0 Å². The molecule has 0 atom stereocenters. The number of aromatic nitrogens is 4. The smallest absolute Gasteiger partial charge is 0.327 e. The van der Waals surface area contributed by atoms with Gasteiger partial charge in [0, 0.05) is 13.0 Å².